The summed E-state index contributed by atoms with van der Waals surface area (Å²) >= 11 is 0. The average molecular weight is 406 g/mol. The zero-order chi connectivity index (χ0) is 21.4. The van der Waals surface area contributed by atoms with E-state index >= 15 is 0 Å². The van der Waals surface area contributed by atoms with E-state index in [-0.39, 0.29) is 37.8 Å². The number of rotatable bonds is 10. The van der Waals surface area contributed by atoms with Gasteiger partial charge < -0.3 is 23.4 Å². The molecule has 8 nitrogen and oxygen atoms in total. The van der Waals surface area contributed by atoms with Gasteiger partial charge in [-0.2, -0.15) is 0 Å². The Kier molecular flexibility index (Phi) is 8.06. The van der Waals surface area contributed by atoms with Crippen molar-refractivity contribution in [2.24, 2.45) is 0 Å². The SMILES string of the molecule is CCCc1c(C)c2c(OCC(=O)OCC)cc(OCC(=O)OCC)cc2oc1=O. The highest BCUT2D eigenvalue weighted by Crippen LogP contribution is 2.34. The minimum atomic E-state index is -0.530. The molecule has 158 valence electrons. The minimum Gasteiger partial charge on any atom is -0.482 e. The summed E-state index contributed by atoms with van der Waals surface area (Å²) in [6.45, 7) is 7.02. The number of carbonyl (C=O) groups excluding carboxylic acids is 2. The molecule has 0 aliphatic heterocycles. The zero-order valence-corrected chi connectivity index (χ0v) is 17.2. The van der Waals surface area contributed by atoms with Gasteiger partial charge in [-0.15, -0.1) is 0 Å². The summed E-state index contributed by atoms with van der Waals surface area (Å²) in [7, 11) is 0. The quantitative estimate of drug-likeness (QED) is 0.438. The Balaban J connectivity index is 2.47. The van der Waals surface area contributed by atoms with Crippen molar-refractivity contribution in [3.05, 3.63) is 33.7 Å². The lowest BCUT2D eigenvalue weighted by Crippen LogP contribution is -2.16. The summed E-state index contributed by atoms with van der Waals surface area (Å²) in [5.41, 5.74) is 1.08. The molecule has 0 saturated carbocycles. The largest absolute Gasteiger partial charge is 0.482 e. The topological polar surface area (TPSA) is 101 Å². The first-order valence-electron chi connectivity index (χ1n) is 9.58. The van der Waals surface area contributed by atoms with Crippen molar-refractivity contribution >= 4 is 22.9 Å². The van der Waals surface area contributed by atoms with E-state index in [1.165, 1.54) is 6.07 Å². The molecule has 0 spiro atoms. The van der Waals surface area contributed by atoms with E-state index < -0.39 is 17.6 Å². The van der Waals surface area contributed by atoms with Crippen LogP contribution in [0.5, 0.6) is 11.5 Å². The third kappa shape index (κ3) is 5.73. The first-order chi connectivity index (χ1) is 13.9. The number of ether oxygens (including phenoxy) is 4. The molecule has 0 aliphatic carbocycles. The summed E-state index contributed by atoms with van der Waals surface area (Å²) in [5.74, 6) is -0.511. The van der Waals surface area contributed by atoms with Gasteiger partial charge in [0.15, 0.2) is 13.2 Å². The summed E-state index contributed by atoms with van der Waals surface area (Å²) in [6, 6.07) is 3.05. The summed E-state index contributed by atoms with van der Waals surface area (Å²) in [4.78, 5) is 35.7. The number of benzene rings is 1. The van der Waals surface area contributed by atoms with E-state index in [0.717, 1.165) is 6.42 Å². The molecule has 2 rings (SSSR count). The van der Waals surface area contributed by atoms with Gasteiger partial charge in [0, 0.05) is 17.7 Å². The Morgan fingerprint density at radius 1 is 0.966 bits per heavy atom. The third-order valence-corrected chi connectivity index (χ3v) is 4.13. The fourth-order valence-corrected chi connectivity index (χ4v) is 2.90. The van der Waals surface area contributed by atoms with Crippen LogP contribution in [-0.4, -0.2) is 38.4 Å². The van der Waals surface area contributed by atoms with E-state index in [1.807, 2.05) is 6.92 Å². The van der Waals surface area contributed by atoms with Crippen LogP contribution in [0.25, 0.3) is 11.0 Å². The normalized spacial score (nSPS) is 10.6. The van der Waals surface area contributed by atoms with Crippen LogP contribution in [0.4, 0.5) is 0 Å². The molecule has 0 amide bonds. The molecule has 1 aromatic heterocycles. The highest BCUT2D eigenvalue weighted by molar-refractivity contribution is 5.89. The maximum atomic E-state index is 12.4. The van der Waals surface area contributed by atoms with Crippen LogP contribution in [0, 0.1) is 6.92 Å². The van der Waals surface area contributed by atoms with Crippen LogP contribution in [-0.2, 0) is 25.5 Å². The Morgan fingerprint density at radius 2 is 1.59 bits per heavy atom. The van der Waals surface area contributed by atoms with Gasteiger partial charge in [-0.05, 0) is 32.8 Å². The van der Waals surface area contributed by atoms with Crippen molar-refractivity contribution in [1.82, 2.24) is 0 Å². The highest BCUT2D eigenvalue weighted by atomic mass is 16.6. The van der Waals surface area contributed by atoms with E-state index in [1.54, 1.807) is 26.8 Å². The second-order valence-electron chi connectivity index (χ2n) is 6.23. The second kappa shape index (κ2) is 10.5. The smallest absolute Gasteiger partial charge is 0.344 e. The molecular formula is C21H26O8. The Labute approximate surface area is 168 Å². The van der Waals surface area contributed by atoms with Crippen molar-refractivity contribution in [2.75, 3.05) is 26.4 Å². The van der Waals surface area contributed by atoms with E-state index in [4.69, 9.17) is 23.4 Å². The first kappa shape index (κ1) is 22.3. The monoisotopic (exact) mass is 406 g/mol. The Hall–Kier alpha value is -3.03. The van der Waals surface area contributed by atoms with Crippen molar-refractivity contribution in [3.63, 3.8) is 0 Å². The number of esters is 2. The Bertz CT molecular complexity index is 928. The lowest BCUT2D eigenvalue weighted by atomic mass is 10.0. The maximum Gasteiger partial charge on any atom is 0.344 e. The summed E-state index contributed by atoms with van der Waals surface area (Å²) < 4.78 is 26.3. The molecule has 0 N–H and O–H groups in total. The van der Waals surface area contributed by atoms with Gasteiger partial charge in [0.2, 0.25) is 0 Å². The number of hydrogen-bond acceptors (Lipinski definition) is 8. The number of carbonyl (C=O) groups is 2. The average Bonchev–Trinajstić information content (AvgIpc) is 2.68. The first-order valence-corrected chi connectivity index (χ1v) is 9.58. The summed E-state index contributed by atoms with van der Waals surface area (Å²) in [5, 5.41) is 0.570. The van der Waals surface area contributed by atoms with Gasteiger partial charge in [0.05, 0.1) is 18.6 Å². The van der Waals surface area contributed by atoms with Gasteiger partial charge in [-0.1, -0.05) is 13.3 Å². The molecule has 0 radical (unpaired) electrons. The lowest BCUT2D eigenvalue weighted by Gasteiger charge is -2.14. The van der Waals surface area contributed by atoms with Gasteiger partial charge in [0.1, 0.15) is 17.1 Å². The van der Waals surface area contributed by atoms with Crippen LogP contribution in [0.1, 0.15) is 38.3 Å². The van der Waals surface area contributed by atoms with Gasteiger partial charge >= 0.3 is 17.6 Å². The predicted octanol–water partition coefficient (Wildman–Crippen LogP) is 2.94. The minimum absolute atomic E-state index is 0.236. The van der Waals surface area contributed by atoms with Crippen LogP contribution in [0.3, 0.4) is 0 Å². The van der Waals surface area contributed by atoms with Crippen LogP contribution in [0.2, 0.25) is 0 Å². The molecule has 0 atom stereocenters. The highest BCUT2D eigenvalue weighted by Gasteiger charge is 2.18. The molecular weight excluding hydrogens is 380 g/mol. The molecule has 0 aliphatic rings. The summed E-state index contributed by atoms with van der Waals surface area (Å²) in [6.07, 6.45) is 1.33. The standard InChI is InChI=1S/C21H26O8/c1-5-8-15-13(4)20-16(28-12-19(23)26-7-3)9-14(10-17(20)29-21(15)24)27-11-18(22)25-6-2/h9-10H,5-8,11-12H2,1-4H3. The molecule has 29 heavy (non-hydrogen) atoms. The molecule has 0 fully saturated rings. The van der Waals surface area contributed by atoms with Crippen LogP contribution >= 0.6 is 0 Å². The maximum absolute atomic E-state index is 12.4. The fraction of sp³-hybridized carbons (Fsp3) is 0.476. The van der Waals surface area contributed by atoms with Crippen molar-refractivity contribution in [2.45, 2.75) is 40.5 Å². The lowest BCUT2D eigenvalue weighted by molar-refractivity contribution is -0.146. The molecule has 0 unspecified atom stereocenters. The van der Waals surface area contributed by atoms with Crippen molar-refractivity contribution in [3.8, 4) is 11.5 Å². The van der Waals surface area contributed by atoms with Crippen molar-refractivity contribution < 1.29 is 33.0 Å². The van der Waals surface area contributed by atoms with E-state index in [9.17, 15) is 14.4 Å². The number of aryl methyl sites for hydroxylation is 1. The van der Waals surface area contributed by atoms with Gasteiger partial charge in [-0.3, -0.25) is 0 Å². The number of fused-ring (bicyclic) bond motifs is 1. The second-order valence-corrected chi connectivity index (χ2v) is 6.23. The Morgan fingerprint density at radius 3 is 2.17 bits per heavy atom. The van der Waals surface area contributed by atoms with Crippen LogP contribution in [0.15, 0.2) is 21.3 Å². The van der Waals surface area contributed by atoms with Crippen LogP contribution < -0.4 is 15.1 Å². The molecule has 0 saturated heterocycles. The molecule has 1 heterocycles. The number of hydrogen-bond donors (Lipinski definition) is 0. The third-order valence-electron chi connectivity index (χ3n) is 4.13. The fourth-order valence-electron chi connectivity index (χ4n) is 2.90. The van der Waals surface area contributed by atoms with Crippen molar-refractivity contribution in [1.29, 1.82) is 0 Å². The molecule has 2 aromatic rings. The molecule has 1 aromatic carbocycles. The molecule has 0 bridgehead atoms. The van der Waals surface area contributed by atoms with Gasteiger partial charge in [-0.25, -0.2) is 14.4 Å². The molecule has 8 heteroatoms. The predicted molar refractivity (Wildman–Crippen MR) is 105 cm³/mol. The van der Waals surface area contributed by atoms with E-state index in [0.29, 0.717) is 28.7 Å². The van der Waals surface area contributed by atoms with Gasteiger partial charge in [0.25, 0.3) is 0 Å². The van der Waals surface area contributed by atoms with E-state index in [2.05, 4.69) is 0 Å². The zero-order valence-electron chi connectivity index (χ0n) is 17.2.